The van der Waals surface area contributed by atoms with Gasteiger partial charge in [0.2, 0.25) is 0 Å². The van der Waals surface area contributed by atoms with E-state index in [0.717, 1.165) is 5.39 Å². The maximum Gasteiger partial charge on any atom is 0.387 e. The Bertz CT molecular complexity index is 1020. The van der Waals surface area contributed by atoms with Gasteiger partial charge in [-0.2, -0.15) is 8.78 Å². The number of carbonyl (C=O) groups excluding carboxylic acids is 1. The number of alkyl halides is 2. The number of amides is 1. The molecule has 0 fully saturated rings. The number of halogens is 2. The van der Waals surface area contributed by atoms with Crippen LogP contribution >= 0.6 is 0 Å². The highest BCUT2D eigenvalue weighted by Gasteiger charge is 2.15. The third-order valence-electron chi connectivity index (χ3n) is 4.10. The molecule has 0 saturated heterocycles. The predicted molar refractivity (Wildman–Crippen MR) is 101 cm³/mol. The van der Waals surface area contributed by atoms with Gasteiger partial charge in [-0.25, -0.2) is 0 Å². The number of methoxy groups -OCH3 is 2. The summed E-state index contributed by atoms with van der Waals surface area (Å²) in [5.74, 6) is 0.212. The number of anilines is 1. The topological polar surface area (TPSA) is 69.7 Å². The van der Waals surface area contributed by atoms with E-state index >= 15 is 0 Å². The summed E-state index contributed by atoms with van der Waals surface area (Å²) in [6, 6.07) is 11.3. The molecule has 146 valence electrons. The van der Waals surface area contributed by atoms with Crippen LogP contribution < -0.4 is 19.5 Å². The highest BCUT2D eigenvalue weighted by atomic mass is 19.3. The van der Waals surface area contributed by atoms with Crippen molar-refractivity contribution < 1.29 is 27.8 Å². The Hall–Kier alpha value is -3.42. The molecule has 0 bridgehead atoms. The summed E-state index contributed by atoms with van der Waals surface area (Å²) in [7, 11) is 2.90. The molecule has 0 aliphatic heterocycles. The van der Waals surface area contributed by atoms with Crippen LogP contribution in [0.2, 0.25) is 0 Å². The first-order valence-corrected chi connectivity index (χ1v) is 8.31. The molecule has 1 aromatic heterocycles. The third-order valence-corrected chi connectivity index (χ3v) is 4.10. The molecule has 6 nitrogen and oxygen atoms in total. The van der Waals surface area contributed by atoms with Crippen LogP contribution in [0.5, 0.6) is 17.2 Å². The van der Waals surface area contributed by atoms with E-state index in [2.05, 4.69) is 15.0 Å². The first kappa shape index (κ1) is 19.3. The zero-order chi connectivity index (χ0) is 20.3. The number of nitrogens with zero attached hydrogens (tertiary/aromatic N) is 1. The summed E-state index contributed by atoms with van der Waals surface area (Å²) < 4.78 is 39.7. The zero-order valence-electron chi connectivity index (χ0n) is 15.5. The third kappa shape index (κ3) is 4.11. The molecule has 1 heterocycles. The number of nitrogens with one attached hydrogen (secondary N) is 1. The quantitative estimate of drug-likeness (QED) is 0.677. The lowest BCUT2D eigenvalue weighted by atomic mass is 10.1. The average molecular weight is 388 g/mol. The van der Waals surface area contributed by atoms with E-state index in [4.69, 9.17) is 9.47 Å². The van der Waals surface area contributed by atoms with E-state index < -0.39 is 12.5 Å². The Morgan fingerprint density at radius 3 is 2.50 bits per heavy atom. The van der Waals surface area contributed by atoms with Gasteiger partial charge in [-0.05, 0) is 37.3 Å². The van der Waals surface area contributed by atoms with Gasteiger partial charge in [0.25, 0.3) is 5.91 Å². The maximum atomic E-state index is 12.7. The summed E-state index contributed by atoms with van der Waals surface area (Å²) in [6.45, 7) is -1.29. The summed E-state index contributed by atoms with van der Waals surface area (Å²) in [5, 5.41) is 3.44. The number of rotatable bonds is 6. The van der Waals surface area contributed by atoms with E-state index in [9.17, 15) is 13.6 Å². The van der Waals surface area contributed by atoms with Crippen molar-refractivity contribution >= 4 is 22.5 Å². The largest absolute Gasteiger partial charge is 0.497 e. The van der Waals surface area contributed by atoms with Gasteiger partial charge in [0, 0.05) is 23.2 Å². The average Bonchev–Trinajstić information content (AvgIpc) is 2.66. The molecule has 2 aromatic carbocycles. The molecule has 3 rings (SSSR count). The number of ether oxygens (including phenoxy) is 3. The van der Waals surface area contributed by atoms with Gasteiger partial charge in [-0.15, -0.1) is 0 Å². The molecular formula is C20H18F2N2O4. The first-order chi connectivity index (χ1) is 13.4. The second-order valence-corrected chi connectivity index (χ2v) is 5.88. The minimum absolute atomic E-state index is 0.135. The van der Waals surface area contributed by atoms with Crippen LogP contribution in [0.3, 0.4) is 0 Å². The lowest BCUT2D eigenvalue weighted by molar-refractivity contribution is -0.0511. The van der Waals surface area contributed by atoms with Gasteiger partial charge in [-0.3, -0.25) is 9.78 Å². The zero-order valence-corrected chi connectivity index (χ0v) is 15.5. The lowest BCUT2D eigenvalue weighted by Gasteiger charge is -2.13. The Morgan fingerprint density at radius 1 is 1.04 bits per heavy atom. The fraction of sp³-hybridized carbons (Fsp3) is 0.200. The predicted octanol–water partition coefficient (Wildman–Crippen LogP) is 4.41. The van der Waals surface area contributed by atoms with Crippen molar-refractivity contribution in [3.8, 4) is 17.2 Å². The fourth-order valence-electron chi connectivity index (χ4n) is 2.74. The SMILES string of the molecule is COc1ccc2cc(C(=O)Nc3ccc(OC)c(OC(F)F)c3)c(C)nc2c1. The van der Waals surface area contributed by atoms with E-state index in [1.807, 2.05) is 0 Å². The van der Waals surface area contributed by atoms with Gasteiger partial charge in [0.15, 0.2) is 11.5 Å². The number of fused-ring (bicyclic) bond motifs is 1. The molecule has 1 amide bonds. The van der Waals surface area contributed by atoms with Crippen LogP contribution in [-0.2, 0) is 0 Å². The minimum atomic E-state index is -3.01. The second kappa shape index (κ2) is 8.08. The van der Waals surface area contributed by atoms with Crippen molar-refractivity contribution in [1.82, 2.24) is 4.98 Å². The normalized spacial score (nSPS) is 10.8. The molecule has 0 saturated carbocycles. The summed E-state index contributed by atoms with van der Waals surface area (Å²) >= 11 is 0. The van der Waals surface area contributed by atoms with Gasteiger partial charge in [-0.1, -0.05) is 0 Å². The van der Waals surface area contributed by atoms with Crippen molar-refractivity contribution in [1.29, 1.82) is 0 Å². The number of benzene rings is 2. The highest BCUT2D eigenvalue weighted by Crippen LogP contribution is 2.32. The molecule has 1 N–H and O–H groups in total. The van der Waals surface area contributed by atoms with Crippen LogP contribution in [0.4, 0.5) is 14.5 Å². The summed E-state index contributed by atoms with van der Waals surface area (Å²) in [4.78, 5) is 17.1. The van der Waals surface area contributed by atoms with Crippen LogP contribution in [0.15, 0.2) is 42.5 Å². The van der Waals surface area contributed by atoms with Gasteiger partial charge < -0.3 is 19.5 Å². The maximum absolute atomic E-state index is 12.7. The van der Waals surface area contributed by atoms with Crippen molar-refractivity contribution in [3.63, 3.8) is 0 Å². The molecular weight excluding hydrogens is 370 g/mol. The van der Waals surface area contributed by atoms with Crippen LogP contribution in [0, 0.1) is 6.92 Å². The lowest BCUT2D eigenvalue weighted by Crippen LogP contribution is -2.14. The van der Waals surface area contributed by atoms with Crippen LogP contribution in [0.25, 0.3) is 10.9 Å². The molecule has 0 unspecified atom stereocenters. The monoisotopic (exact) mass is 388 g/mol. The number of pyridine rings is 1. The second-order valence-electron chi connectivity index (χ2n) is 5.88. The van der Waals surface area contributed by atoms with Crippen molar-refractivity contribution in [2.24, 2.45) is 0 Å². The fourth-order valence-corrected chi connectivity index (χ4v) is 2.74. The van der Waals surface area contributed by atoms with E-state index in [1.54, 1.807) is 38.3 Å². The molecule has 0 atom stereocenters. The van der Waals surface area contributed by atoms with Crippen LogP contribution in [-0.4, -0.2) is 31.7 Å². The number of carbonyl (C=O) groups is 1. The molecule has 0 spiro atoms. The minimum Gasteiger partial charge on any atom is -0.497 e. The molecule has 8 heteroatoms. The standard InChI is InChI=1S/C20H18F2N2O4/c1-11-15(8-12-4-6-14(26-2)10-16(12)23-11)19(25)24-13-5-7-17(27-3)18(9-13)28-20(21)22/h4-10,20H,1-3H3,(H,24,25). The Balaban J connectivity index is 1.89. The molecule has 0 radical (unpaired) electrons. The molecule has 0 aliphatic carbocycles. The van der Waals surface area contributed by atoms with Crippen molar-refractivity contribution in [2.45, 2.75) is 13.5 Å². The first-order valence-electron chi connectivity index (χ1n) is 8.31. The van der Waals surface area contributed by atoms with Gasteiger partial charge >= 0.3 is 6.61 Å². The number of aromatic nitrogens is 1. The van der Waals surface area contributed by atoms with E-state index in [0.29, 0.717) is 22.5 Å². The molecule has 0 aliphatic rings. The van der Waals surface area contributed by atoms with E-state index in [1.165, 1.54) is 25.3 Å². The number of hydrogen-bond acceptors (Lipinski definition) is 5. The summed E-state index contributed by atoms with van der Waals surface area (Å²) in [6.07, 6.45) is 0. The van der Waals surface area contributed by atoms with Crippen molar-refractivity contribution in [3.05, 3.63) is 53.7 Å². The van der Waals surface area contributed by atoms with Gasteiger partial charge in [0.05, 0.1) is 31.0 Å². The molecule has 28 heavy (non-hydrogen) atoms. The number of hydrogen-bond donors (Lipinski definition) is 1. The summed E-state index contributed by atoms with van der Waals surface area (Å²) in [5.41, 5.74) is 1.88. The van der Waals surface area contributed by atoms with Gasteiger partial charge in [0.1, 0.15) is 5.75 Å². The smallest absolute Gasteiger partial charge is 0.387 e. The number of aryl methyl sites for hydroxylation is 1. The van der Waals surface area contributed by atoms with E-state index in [-0.39, 0.29) is 17.2 Å². The van der Waals surface area contributed by atoms with Crippen LogP contribution in [0.1, 0.15) is 16.1 Å². The Labute approximate surface area is 160 Å². The highest BCUT2D eigenvalue weighted by molar-refractivity contribution is 6.07. The Morgan fingerprint density at radius 2 is 1.82 bits per heavy atom. The molecule has 3 aromatic rings. The van der Waals surface area contributed by atoms with Crippen molar-refractivity contribution in [2.75, 3.05) is 19.5 Å². The Kier molecular flexibility index (Phi) is 5.58.